The van der Waals surface area contributed by atoms with E-state index in [1.54, 1.807) is 6.21 Å². The summed E-state index contributed by atoms with van der Waals surface area (Å²) in [5.74, 6) is -0.139. The summed E-state index contributed by atoms with van der Waals surface area (Å²) in [6.07, 6.45) is 2.11. The van der Waals surface area contributed by atoms with Crippen molar-refractivity contribution in [3.8, 4) is 11.3 Å². The van der Waals surface area contributed by atoms with Crippen LogP contribution < -0.4 is 5.32 Å². The molecule has 1 atom stereocenters. The Morgan fingerprint density at radius 3 is 2.70 bits per heavy atom. The lowest BCUT2D eigenvalue weighted by Gasteiger charge is -2.00. The summed E-state index contributed by atoms with van der Waals surface area (Å²) in [6.45, 7) is -0.0303. The second-order valence-electron chi connectivity index (χ2n) is 6.08. The highest BCUT2D eigenvalue weighted by molar-refractivity contribution is 8.15. The van der Waals surface area contributed by atoms with E-state index in [0.29, 0.717) is 11.6 Å². The van der Waals surface area contributed by atoms with E-state index in [1.165, 1.54) is 11.8 Å². The van der Waals surface area contributed by atoms with Crippen LogP contribution in [0, 0.1) is 0 Å². The number of nitrogens with one attached hydrogen (secondary N) is 2. The van der Waals surface area contributed by atoms with Crippen LogP contribution in [-0.4, -0.2) is 39.2 Å². The third-order valence-corrected chi connectivity index (χ3v) is 5.45. The Bertz CT molecular complexity index is 1030. The number of para-hydroxylation sites is 1. The molecule has 7 heteroatoms. The zero-order chi connectivity index (χ0) is 18.6. The van der Waals surface area contributed by atoms with Crippen LogP contribution in [0.5, 0.6) is 0 Å². The molecule has 3 aromatic rings. The van der Waals surface area contributed by atoms with Gasteiger partial charge in [0.2, 0.25) is 5.91 Å². The molecule has 1 aliphatic heterocycles. The van der Waals surface area contributed by atoms with Gasteiger partial charge in [0.1, 0.15) is 0 Å². The van der Waals surface area contributed by atoms with Gasteiger partial charge in [-0.15, -0.1) is 5.10 Å². The molecule has 27 heavy (non-hydrogen) atoms. The van der Waals surface area contributed by atoms with E-state index >= 15 is 0 Å². The van der Waals surface area contributed by atoms with Gasteiger partial charge in [-0.1, -0.05) is 60.3 Å². The Morgan fingerprint density at radius 2 is 1.89 bits per heavy atom. The molecule has 136 valence electrons. The number of hydrogen-bond donors (Lipinski definition) is 3. The highest BCUT2D eigenvalue weighted by Crippen LogP contribution is 2.29. The fourth-order valence-corrected chi connectivity index (χ4v) is 3.94. The Morgan fingerprint density at radius 1 is 1.11 bits per heavy atom. The summed E-state index contributed by atoms with van der Waals surface area (Å²) in [6, 6.07) is 18.1. The summed E-state index contributed by atoms with van der Waals surface area (Å²) in [5.41, 5.74) is 4.01. The lowest BCUT2D eigenvalue weighted by atomic mass is 10.1. The number of fused-ring (bicyclic) bond motifs is 1. The smallest absolute Gasteiger partial charge is 0.239 e. The molecule has 1 aromatic heterocycles. The number of aliphatic hydroxyl groups excluding tert-OH is 1. The number of hydrogen-bond acceptors (Lipinski definition) is 5. The number of benzene rings is 2. The fraction of sp³-hybridized carbons (Fsp3) is 0.150. The standard InChI is InChI=1S/C20H18N4O2S/c25-11-10-17-19(26)23-20(27-17)24-21-12-15-14-8-4-5-9-16(14)22-18(15)13-6-2-1-3-7-13/h1-9,12,17,22,25H,10-11H2,(H,23,24,26)/b21-12-/t17-/m1/s1. The molecule has 0 unspecified atom stereocenters. The molecular formula is C20H18N4O2S. The molecule has 1 amide bonds. The first-order chi connectivity index (χ1) is 13.3. The molecule has 0 aliphatic carbocycles. The van der Waals surface area contributed by atoms with E-state index in [4.69, 9.17) is 5.11 Å². The molecule has 3 N–H and O–H groups in total. The maximum Gasteiger partial charge on any atom is 0.239 e. The Kier molecular flexibility index (Phi) is 5.04. The summed E-state index contributed by atoms with van der Waals surface area (Å²) in [7, 11) is 0. The molecule has 2 aromatic carbocycles. The SMILES string of the molecule is O=C1N/C(=N/N=C\c2c(-c3ccccc3)[nH]c3ccccc23)S[C@@H]1CCO. The fourth-order valence-electron chi connectivity index (χ4n) is 3.03. The number of carbonyl (C=O) groups is 1. The number of H-pyrrole nitrogens is 1. The molecule has 1 aliphatic rings. The number of aromatic nitrogens is 1. The quantitative estimate of drug-likeness (QED) is 0.471. The Hall–Kier alpha value is -2.90. The predicted molar refractivity (Wildman–Crippen MR) is 110 cm³/mol. The molecule has 1 fully saturated rings. The van der Waals surface area contributed by atoms with Crippen LogP contribution in [0.15, 0.2) is 64.8 Å². The summed E-state index contributed by atoms with van der Waals surface area (Å²) < 4.78 is 0. The topological polar surface area (TPSA) is 89.8 Å². The number of carbonyl (C=O) groups excluding carboxylic acids is 1. The zero-order valence-electron chi connectivity index (χ0n) is 14.4. The predicted octanol–water partition coefficient (Wildman–Crippen LogP) is 3.14. The lowest BCUT2D eigenvalue weighted by Crippen LogP contribution is -2.25. The number of rotatable bonds is 5. The maximum atomic E-state index is 11.8. The zero-order valence-corrected chi connectivity index (χ0v) is 15.2. The van der Waals surface area contributed by atoms with Gasteiger partial charge in [0.25, 0.3) is 0 Å². The van der Waals surface area contributed by atoms with Crippen LogP contribution in [0.25, 0.3) is 22.2 Å². The average Bonchev–Trinajstić information content (AvgIpc) is 3.24. The van der Waals surface area contributed by atoms with Crippen LogP contribution in [0.4, 0.5) is 0 Å². The van der Waals surface area contributed by atoms with Crippen molar-refractivity contribution in [1.29, 1.82) is 0 Å². The molecule has 0 radical (unpaired) electrons. The van der Waals surface area contributed by atoms with E-state index in [1.807, 2.05) is 54.6 Å². The molecule has 2 heterocycles. The Labute approximate surface area is 160 Å². The summed E-state index contributed by atoms with van der Waals surface area (Å²) >= 11 is 1.29. The van der Waals surface area contributed by atoms with Crippen molar-refractivity contribution < 1.29 is 9.90 Å². The first kappa shape index (κ1) is 17.5. The van der Waals surface area contributed by atoms with Gasteiger partial charge in [-0.05, 0) is 18.1 Å². The van der Waals surface area contributed by atoms with Crippen LogP contribution in [0.2, 0.25) is 0 Å². The van der Waals surface area contributed by atoms with Crippen molar-refractivity contribution in [3.05, 3.63) is 60.2 Å². The van der Waals surface area contributed by atoms with Gasteiger partial charge >= 0.3 is 0 Å². The number of nitrogens with zero attached hydrogens (tertiary/aromatic N) is 2. The van der Waals surface area contributed by atoms with Crippen LogP contribution in [0.3, 0.4) is 0 Å². The van der Waals surface area contributed by atoms with Gasteiger partial charge in [0.15, 0.2) is 5.17 Å². The molecule has 4 rings (SSSR count). The van der Waals surface area contributed by atoms with Crippen molar-refractivity contribution in [2.45, 2.75) is 11.7 Å². The minimum atomic E-state index is -0.308. The summed E-state index contributed by atoms with van der Waals surface area (Å²) in [4.78, 5) is 15.2. The van der Waals surface area contributed by atoms with E-state index in [-0.39, 0.29) is 17.8 Å². The van der Waals surface area contributed by atoms with Gasteiger partial charge in [0.05, 0.1) is 17.2 Å². The van der Waals surface area contributed by atoms with Crippen molar-refractivity contribution in [2.75, 3.05) is 6.61 Å². The first-order valence-corrected chi connectivity index (χ1v) is 9.50. The van der Waals surface area contributed by atoms with Crippen LogP contribution in [0.1, 0.15) is 12.0 Å². The molecular weight excluding hydrogens is 360 g/mol. The second kappa shape index (κ2) is 7.77. The van der Waals surface area contributed by atoms with Gasteiger partial charge in [-0.2, -0.15) is 5.10 Å². The average molecular weight is 378 g/mol. The van der Waals surface area contributed by atoms with E-state index in [0.717, 1.165) is 27.7 Å². The number of aliphatic hydroxyl groups is 1. The maximum absolute atomic E-state index is 11.8. The lowest BCUT2D eigenvalue weighted by molar-refractivity contribution is -0.119. The van der Waals surface area contributed by atoms with Crippen LogP contribution in [-0.2, 0) is 4.79 Å². The van der Waals surface area contributed by atoms with Crippen molar-refractivity contribution in [1.82, 2.24) is 10.3 Å². The van der Waals surface area contributed by atoms with Gasteiger partial charge in [0, 0.05) is 23.1 Å². The number of amidine groups is 1. The minimum Gasteiger partial charge on any atom is -0.396 e. The molecule has 1 saturated heterocycles. The monoisotopic (exact) mass is 378 g/mol. The van der Waals surface area contributed by atoms with E-state index in [9.17, 15) is 4.79 Å². The number of aromatic amines is 1. The molecule has 0 spiro atoms. The number of amides is 1. The van der Waals surface area contributed by atoms with Gasteiger partial charge in [-0.3, -0.25) is 4.79 Å². The summed E-state index contributed by atoms with van der Waals surface area (Å²) in [5, 5.41) is 21.3. The Balaban J connectivity index is 1.67. The molecule has 0 saturated carbocycles. The first-order valence-electron chi connectivity index (χ1n) is 8.62. The normalized spacial score (nSPS) is 18.6. The van der Waals surface area contributed by atoms with Gasteiger partial charge in [-0.25, -0.2) is 0 Å². The van der Waals surface area contributed by atoms with Gasteiger partial charge < -0.3 is 15.4 Å². The largest absolute Gasteiger partial charge is 0.396 e. The van der Waals surface area contributed by atoms with Crippen molar-refractivity contribution >= 4 is 40.0 Å². The van der Waals surface area contributed by atoms with Crippen LogP contribution >= 0.6 is 11.8 Å². The minimum absolute atomic E-state index is 0.0303. The third kappa shape index (κ3) is 3.65. The van der Waals surface area contributed by atoms with E-state index in [2.05, 4.69) is 20.5 Å². The van der Waals surface area contributed by atoms with E-state index < -0.39 is 0 Å². The molecule has 6 nitrogen and oxygen atoms in total. The highest BCUT2D eigenvalue weighted by atomic mass is 32.2. The second-order valence-corrected chi connectivity index (χ2v) is 7.27. The third-order valence-electron chi connectivity index (χ3n) is 4.31. The van der Waals surface area contributed by atoms with Crippen molar-refractivity contribution in [2.24, 2.45) is 10.2 Å². The highest BCUT2D eigenvalue weighted by Gasteiger charge is 2.29. The van der Waals surface area contributed by atoms with Crippen molar-refractivity contribution in [3.63, 3.8) is 0 Å². The number of thioether (sulfide) groups is 1. The molecule has 0 bridgehead atoms.